The molecule has 9 nitrogen and oxygen atoms in total. The van der Waals surface area contributed by atoms with Crippen LogP contribution in [0.3, 0.4) is 0 Å². The Morgan fingerprint density at radius 3 is 2.50 bits per heavy atom. The van der Waals surface area contributed by atoms with Gasteiger partial charge in [-0.1, -0.05) is 34.6 Å². The first-order valence-electron chi connectivity index (χ1n) is 12.3. The van der Waals surface area contributed by atoms with E-state index in [1.165, 1.54) is 0 Å². The molecule has 0 radical (unpaired) electrons. The molecule has 0 aromatic rings. The third-order valence-electron chi connectivity index (χ3n) is 8.26. The summed E-state index contributed by atoms with van der Waals surface area (Å²) < 4.78 is 44.8. The maximum absolute atomic E-state index is 13.6. The van der Waals surface area contributed by atoms with Gasteiger partial charge in [0, 0.05) is 19.0 Å². The van der Waals surface area contributed by atoms with Crippen LogP contribution in [0.1, 0.15) is 47.5 Å². The number of rotatable bonds is 7. The predicted octanol–water partition coefficient (Wildman–Crippen LogP) is 1.30. The third kappa shape index (κ3) is 4.92. The molecule has 0 spiro atoms. The molecular weight excluding hydrogens is 479 g/mol. The Morgan fingerprint density at radius 2 is 1.97 bits per heavy atom. The molecule has 0 aromatic heterocycles. The molecule has 3 N–H and O–H groups in total. The van der Waals surface area contributed by atoms with Gasteiger partial charge < -0.3 is 20.3 Å². The molecule has 3 heterocycles. The van der Waals surface area contributed by atoms with Gasteiger partial charge in [0.25, 0.3) is 0 Å². The second kappa shape index (κ2) is 8.87. The number of carbonyl (C=O) groups excluding carboxylic acids is 3. The Balaban J connectivity index is 1.47. The summed E-state index contributed by atoms with van der Waals surface area (Å²) in [5.41, 5.74) is -1.01. The average Bonchev–Trinajstić information content (AvgIpc) is 3.45. The first kappa shape index (κ1) is 26.7. The van der Waals surface area contributed by atoms with Crippen LogP contribution in [-0.2, 0) is 19.1 Å². The van der Waals surface area contributed by atoms with Crippen molar-refractivity contribution in [3.8, 4) is 6.07 Å². The first-order chi connectivity index (χ1) is 16.6. The highest BCUT2D eigenvalue weighted by Gasteiger charge is 2.72. The van der Waals surface area contributed by atoms with Crippen LogP contribution in [0.4, 0.5) is 13.2 Å². The number of fused-ring (bicyclic) bond motifs is 1. The van der Waals surface area contributed by atoms with Crippen molar-refractivity contribution >= 4 is 17.7 Å². The monoisotopic (exact) mass is 513 g/mol. The van der Waals surface area contributed by atoms with Crippen LogP contribution in [0.2, 0.25) is 0 Å². The largest absolute Gasteiger partial charge is 0.471 e. The first-order valence-corrected chi connectivity index (χ1v) is 12.3. The van der Waals surface area contributed by atoms with Crippen molar-refractivity contribution in [1.82, 2.24) is 20.9 Å². The van der Waals surface area contributed by atoms with Crippen LogP contribution in [-0.4, -0.2) is 72.3 Å². The lowest BCUT2D eigenvalue weighted by atomic mass is 9.85. The van der Waals surface area contributed by atoms with Gasteiger partial charge in [-0.05, 0) is 35.5 Å². The number of halogens is 3. The molecule has 0 bridgehead atoms. The fourth-order valence-electron chi connectivity index (χ4n) is 6.02. The topological polar surface area (TPSA) is 127 Å². The van der Waals surface area contributed by atoms with Crippen LogP contribution in [0.25, 0.3) is 0 Å². The SMILES string of the molecule is CC(C)(C)[C@H](NC(=O)C(F)(F)F)C(=O)N1C[C@H]2[C@@H]([C@H]1C1OC1N[C@H](C#N)C[C@@H]1CCNC1=O)C2(C)C. The third-order valence-corrected chi connectivity index (χ3v) is 8.26. The Labute approximate surface area is 208 Å². The average molecular weight is 514 g/mol. The molecule has 12 heteroatoms. The predicted molar refractivity (Wildman–Crippen MR) is 121 cm³/mol. The van der Waals surface area contributed by atoms with Gasteiger partial charge in [0.05, 0.1) is 18.2 Å². The number of nitrogens with zero attached hydrogens (tertiary/aromatic N) is 2. The fraction of sp³-hybridized carbons (Fsp3) is 0.833. The van der Waals surface area contributed by atoms with E-state index in [0.717, 1.165) is 0 Å². The number of piperidine rings is 1. The van der Waals surface area contributed by atoms with E-state index in [1.54, 1.807) is 25.7 Å². The molecule has 4 aliphatic rings. The Morgan fingerprint density at radius 1 is 1.31 bits per heavy atom. The summed E-state index contributed by atoms with van der Waals surface area (Å²) in [5, 5.41) is 17.4. The van der Waals surface area contributed by atoms with Gasteiger partial charge in [-0.25, -0.2) is 0 Å². The molecule has 1 saturated carbocycles. The molecule has 200 valence electrons. The molecule has 4 rings (SSSR count). The van der Waals surface area contributed by atoms with Gasteiger partial charge in [0.1, 0.15) is 18.4 Å². The van der Waals surface area contributed by atoms with E-state index < -0.39 is 53.9 Å². The lowest BCUT2D eigenvalue weighted by molar-refractivity contribution is -0.176. The smallest absolute Gasteiger partial charge is 0.356 e. The van der Waals surface area contributed by atoms with E-state index in [-0.39, 0.29) is 29.1 Å². The van der Waals surface area contributed by atoms with E-state index in [2.05, 4.69) is 30.6 Å². The minimum Gasteiger partial charge on any atom is -0.356 e. The molecule has 36 heavy (non-hydrogen) atoms. The summed E-state index contributed by atoms with van der Waals surface area (Å²) in [6.45, 7) is 9.95. The molecular formula is C24H34F3N5O4. The maximum Gasteiger partial charge on any atom is 0.471 e. The fourth-order valence-corrected chi connectivity index (χ4v) is 6.02. The molecule has 4 fully saturated rings. The van der Waals surface area contributed by atoms with Gasteiger partial charge in [0.15, 0.2) is 0 Å². The van der Waals surface area contributed by atoms with Crippen molar-refractivity contribution < 1.29 is 32.3 Å². The van der Waals surface area contributed by atoms with Gasteiger partial charge in [-0.3, -0.25) is 19.7 Å². The van der Waals surface area contributed by atoms with Crippen LogP contribution in [0, 0.1) is 39.9 Å². The quantitative estimate of drug-likeness (QED) is 0.441. The Kier molecular flexibility index (Phi) is 6.57. The molecule has 1 aliphatic carbocycles. The minimum absolute atomic E-state index is 0.0546. The number of ether oxygens (including phenoxy) is 1. The molecule has 3 aliphatic heterocycles. The van der Waals surface area contributed by atoms with Gasteiger partial charge in [0.2, 0.25) is 11.8 Å². The van der Waals surface area contributed by atoms with Crippen molar-refractivity contribution in [2.24, 2.45) is 28.6 Å². The summed E-state index contributed by atoms with van der Waals surface area (Å²) in [5.74, 6) is -2.77. The zero-order valence-electron chi connectivity index (χ0n) is 21.1. The van der Waals surface area contributed by atoms with Crippen LogP contribution in [0.5, 0.6) is 0 Å². The molecule has 2 unspecified atom stereocenters. The van der Waals surface area contributed by atoms with Gasteiger partial charge in [-0.15, -0.1) is 0 Å². The summed E-state index contributed by atoms with van der Waals surface area (Å²) in [6.07, 6.45) is -5.04. The molecule has 3 saturated heterocycles. The number of amides is 3. The number of epoxide rings is 1. The summed E-state index contributed by atoms with van der Waals surface area (Å²) in [7, 11) is 0. The van der Waals surface area contributed by atoms with Crippen LogP contribution in [0.15, 0.2) is 0 Å². The van der Waals surface area contributed by atoms with Gasteiger partial charge >= 0.3 is 12.1 Å². The number of nitrogens with one attached hydrogen (secondary N) is 3. The van der Waals surface area contributed by atoms with E-state index in [9.17, 15) is 32.8 Å². The minimum atomic E-state index is -5.10. The Bertz CT molecular complexity index is 972. The number of likely N-dealkylation sites (tertiary alicyclic amines) is 1. The second-order valence-corrected chi connectivity index (χ2v) is 12.1. The number of alkyl halides is 3. The highest BCUT2D eigenvalue weighted by Crippen LogP contribution is 2.66. The van der Waals surface area contributed by atoms with Crippen LogP contribution < -0.4 is 16.0 Å². The maximum atomic E-state index is 13.6. The highest BCUT2D eigenvalue weighted by molar-refractivity contribution is 5.91. The zero-order valence-corrected chi connectivity index (χ0v) is 21.1. The highest BCUT2D eigenvalue weighted by atomic mass is 19.4. The summed E-state index contributed by atoms with van der Waals surface area (Å²) in [4.78, 5) is 38.8. The number of nitriles is 1. The van der Waals surface area contributed by atoms with E-state index in [4.69, 9.17) is 4.74 Å². The van der Waals surface area contributed by atoms with Crippen molar-refractivity contribution in [1.29, 1.82) is 5.26 Å². The normalized spacial score (nSPS) is 34.3. The molecule has 0 aromatic carbocycles. The molecule has 8 atom stereocenters. The zero-order chi connectivity index (χ0) is 26.8. The van der Waals surface area contributed by atoms with Crippen molar-refractivity contribution in [3.05, 3.63) is 0 Å². The van der Waals surface area contributed by atoms with E-state index >= 15 is 0 Å². The van der Waals surface area contributed by atoms with Crippen molar-refractivity contribution in [3.63, 3.8) is 0 Å². The number of hydrogen-bond donors (Lipinski definition) is 3. The summed E-state index contributed by atoms with van der Waals surface area (Å²) in [6, 6.07) is -0.203. The van der Waals surface area contributed by atoms with Crippen LogP contribution >= 0.6 is 0 Å². The van der Waals surface area contributed by atoms with Crippen molar-refractivity contribution in [2.75, 3.05) is 13.1 Å². The summed E-state index contributed by atoms with van der Waals surface area (Å²) >= 11 is 0. The standard InChI is InChI=1S/C24H34F3N5O4/c1-22(2,3)17(31-21(35)24(25,26)27)20(34)32-10-13-14(23(13,4)5)15(32)16-19(36-16)30-12(9-28)8-11-6-7-29-18(11)33/h11-17,19,30H,6-8,10H2,1-5H3,(H,29,33)(H,31,35)/t11-,12-,13-,14-,15-,16?,17+,19?/m0/s1. The second-order valence-electron chi connectivity index (χ2n) is 12.1. The number of carbonyl (C=O) groups is 3. The number of hydrogen-bond acceptors (Lipinski definition) is 6. The lowest BCUT2D eigenvalue weighted by Crippen LogP contribution is -2.59. The van der Waals surface area contributed by atoms with Crippen molar-refractivity contribution in [2.45, 2.75) is 84.1 Å². The van der Waals surface area contributed by atoms with E-state index in [0.29, 0.717) is 25.9 Å². The Hall–Kier alpha value is -2.39. The lowest BCUT2D eigenvalue weighted by Gasteiger charge is -2.38. The molecule has 3 amide bonds. The van der Waals surface area contributed by atoms with Gasteiger partial charge in [-0.2, -0.15) is 18.4 Å². The van der Waals surface area contributed by atoms with E-state index in [1.807, 2.05) is 5.32 Å².